The topological polar surface area (TPSA) is 76.7 Å². The average molecular weight is 406 g/mol. The molecular weight excluding hydrogens is 382 g/mol. The van der Waals surface area contributed by atoms with Crippen LogP contribution >= 0.6 is 0 Å². The van der Waals surface area contributed by atoms with E-state index in [1.165, 1.54) is 18.2 Å². The molecule has 8 heteroatoms. The third-order valence-corrected chi connectivity index (χ3v) is 3.89. The number of carbonyl (C=O) groups is 2. The second-order valence-corrected chi connectivity index (χ2v) is 6.50. The number of amides is 2. The quantitative estimate of drug-likeness (QED) is 0.654. The van der Waals surface area contributed by atoms with E-state index in [4.69, 9.17) is 4.74 Å². The maximum absolute atomic E-state index is 12.7. The van der Waals surface area contributed by atoms with Crippen molar-refractivity contribution in [2.45, 2.75) is 33.9 Å². The minimum absolute atomic E-state index is 0.0140. The zero-order chi connectivity index (χ0) is 21.4. The van der Waals surface area contributed by atoms with Crippen LogP contribution in [0.3, 0.4) is 0 Å². The van der Waals surface area contributed by atoms with Gasteiger partial charge in [0.25, 0.3) is 5.91 Å². The summed E-state index contributed by atoms with van der Waals surface area (Å²) in [5.41, 5.74) is 1.33. The number of halogens is 2. The van der Waals surface area contributed by atoms with Crippen molar-refractivity contribution in [2.75, 3.05) is 11.9 Å². The standard InChI is InChI=1S/C21H24F2N2O4/c1-4-28-18-9-8-15(25-19(26)13(2)3)11-17(18)20(27)24-12-14-6-5-7-16(10-14)29-21(22)23/h5-11,13,21H,4,12H2,1-3H3,(H,24,27)(H,25,26). The van der Waals surface area contributed by atoms with E-state index in [-0.39, 0.29) is 29.7 Å². The molecule has 0 bridgehead atoms. The Bertz CT molecular complexity index is 856. The SMILES string of the molecule is CCOc1ccc(NC(=O)C(C)C)cc1C(=O)NCc1cccc(OC(F)F)c1. The summed E-state index contributed by atoms with van der Waals surface area (Å²) in [5.74, 6) is -0.408. The molecule has 0 fully saturated rings. The lowest BCUT2D eigenvalue weighted by atomic mass is 10.1. The molecule has 0 aliphatic heterocycles. The highest BCUT2D eigenvalue weighted by molar-refractivity contribution is 5.99. The van der Waals surface area contributed by atoms with E-state index in [1.54, 1.807) is 45.0 Å². The fraction of sp³-hybridized carbons (Fsp3) is 0.333. The van der Waals surface area contributed by atoms with Crippen molar-refractivity contribution in [2.24, 2.45) is 5.92 Å². The van der Waals surface area contributed by atoms with E-state index < -0.39 is 12.5 Å². The molecule has 0 heterocycles. The van der Waals surface area contributed by atoms with Crippen molar-refractivity contribution in [1.82, 2.24) is 5.32 Å². The van der Waals surface area contributed by atoms with Crippen molar-refractivity contribution >= 4 is 17.5 Å². The first-order valence-electron chi connectivity index (χ1n) is 9.19. The Morgan fingerprint density at radius 2 is 1.86 bits per heavy atom. The molecule has 0 spiro atoms. The molecule has 0 unspecified atom stereocenters. The Morgan fingerprint density at radius 1 is 1.10 bits per heavy atom. The third kappa shape index (κ3) is 6.74. The van der Waals surface area contributed by atoms with Gasteiger partial charge in [0.05, 0.1) is 12.2 Å². The number of nitrogens with one attached hydrogen (secondary N) is 2. The molecule has 0 radical (unpaired) electrons. The summed E-state index contributed by atoms with van der Waals surface area (Å²) >= 11 is 0. The number of rotatable bonds is 9. The second-order valence-electron chi connectivity index (χ2n) is 6.50. The van der Waals surface area contributed by atoms with Crippen LogP contribution in [0.4, 0.5) is 14.5 Å². The Kier molecular flexibility index (Phi) is 7.94. The molecule has 0 saturated heterocycles. The van der Waals surface area contributed by atoms with Crippen LogP contribution in [0.2, 0.25) is 0 Å². The lowest BCUT2D eigenvalue weighted by molar-refractivity contribution is -0.118. The molecule has 2 N–H and O–H groups in total. The summed E-state index contributed by atoms with van der Waals surface area (Å²) in [7, 11) is 0. The van der Waals surface area contributed by atoms with Gasteiger partial charge in [-0.2, -0.15) is 8.78 Å². The van der Waals surface area contributed by atoms with Gasteiger partial charge in [-0.25, -0.2) is 0 Å². The molecule has 29 heavy (non-hydrogen) atoms. The van der Waals surface area contributed by atoms with Crippen LogP contribution in [0.5, 0.6) is 11.5 Å². The van der Waals surface area contributed by atoms with Crippen molar-refractivity contribution in [1.29, 1.82) is 0 Å². The number of alkyl halides is 2. The molecule has 0 saturated carbocycles. The highest BCUT2D eigenvalue weighted by Crippen LogP contribution is 2.24. The molecule has 0 aliphatic carbocycles. The molecule has 0 atom stereocenters. The van der Waals surface area contributed by atoms with Crippen LogP contribution in [0, 0.1) is 5.92 Å². The van der Waals surface area contributed by atoms with E-state index >= 15 is 0 Å². The van der Waals surface area contributed by atoms with E-state index in [0.717, 1.165) is 0 Å². The van der Waals surface area contributed by atoms with Crippen molar-refractivity contribution in [3.8, 4) is 11.5 Å². The van der Waals surface area contributed by atoms with Gasteiger partial charge in [-0.1, -0.05) is 26.0 Å². The van der Waals surface area contributed by atoms with E-state index in [0.29, 0.717) is 23.6 Å². The Balaban J connectivity index is 2.14. The summed E-state index contributed by atoms with van der Waals surface area (Å²) in [4.78, 5) is 24.6. The molecule has 2 aromatic carbocycles. The average Bonchev–Trinajstić information content (AvgIpc) is 2.67. The largest absolute Gasteiger partial charge is 0.493 e. The molecule has 0 aromatic heterocycles. The number of hydrogen-bond donors (Lipinski definition) is 2. The van der Waals surface area contributed by atoms with Crippen molar-refractivity contribution < 1.29 is 27.8 Å². The minimum Gasteiger partial charge on any atom is -0.493 e. The molecule has 0 aliphatic rings. The van der Waals surface area contributed by atoms with Gasteiger partial charge in [0.15, 0.2) is 0 Å². The van der Waals surface area contributed by atoms with Gasteiger partial charge < -0.3 is 20.1 Å². The summed E-state index contributed by atoms with van der Waals surface area (Å²) in [6, 6.07) is 10.9. The number of carbonyl (C=O) groups excluding carboxylic acids is 2. The molecule has 2 amide bonds. The predicted molar refractivity (Wildman–Crippen MR) is 105 cm³/mol. The number of benzene rings is 2. The fourth-order valence-corrected chi connectivity index (χ4v) is 2.46. The van der Waals surface area contributed by atoms with Crippen LogP contribution in [0.15, 0.2) is 42.5 Å². The lowest BCUT2D eigenvalue weighted by Crippen LogP contribution is -2.24. The van der Waals surface area contributed by atoms with Crippen LogP contribution in [0.25, 0.3) is 0 Å². The molecule has 6 nitrogen and oxygen atoms in total. The zero-order valence-corrected chi connectivity index (χ0v) is 16.5. The maximum atomic E-state index is 12.7. The summed E-state index contributed by atoms with van der Waals surface area (Å²) in [5, 5.41) is 5.47. The van der Waals surface area contributed by atoms with Crippen LogP contribution < -0.4 is 20.1 Å². The Labute approximate surface area is 168 Å². The molecule has 2 aromatic rings. The highest BCUT2D eigenvalue weighted by atomic mass is 19.3. The Hall–Kier alpha value is -3.16. The number of hydrogen-bond acceptors (Lipinski definition) is 4. The van der Waals surface area contributed by atoms with Crippen LogP contribution in [-0.4, -0.2) is 25.0 Å². The van der Waals surface area contributed by atoms with Crippen LogP contribution in [0.1, 0.15) is 36.7 Å². The van der Waals surface area contributed by atoms with E-state index in [9.17, 15) is 18.4 Å². The smallest absolute Gasteiger partial charge is 0.387 e. The zero-order valence-electron chi connectivity index (χ0n) is 16.5. The summed E-state index contributed by atoms with van der Waals surface area (Å²) in [6.07, 6.45) is 0. The maximum Gasteiger partial charge on any atom is 0.387 e. The lowest BCUT2D eigenvalue weighted by Gasteiger charge is -2.14. The van der Waals surface area contributed by atoms with E-state index in [2.05, 4.69) is 15.4 Å². The monoisotopic (exact) mass is 406 g/mol. The first-order valence-corrected chi connectivity index (χ1v) is 9.19. The molecule has 2 rings (SSSR count). The minimum atomic E-state index is -2.92. The third-order valence-electron chi connectivity index (χ3n) is 3.89. The first-order chi connectivity index (χ1) is 13.8. The van der Waals surface area contributed by atoms with Gasteiger partial charge in [-0.3, -0.25) is 9.59 Å². The van der Waals surface area contributed by atoms with Crippen molar-refractivity contribution in [3.05, 3.63) is 53.6 Å². The first kappa shape index (κ1) is 22.1. The van der Waals surface area contributed by atoms with E-state index in [1.807, 2.05) is 0 Å². The number of ether oxygens (including phenoxy) is 2. The second kappa shape index (κ2) is 10.4. The predicted octanol–water partition coefficient (Wildman–Crippen LogP) is 4.21. The van der Waals surface area contributed by atoms with Crippen molar-refractivity contribution in [3.63, 3.8) is 0 Å². The van der Waals surface area contributed by atoms with Gasteiger partial charge in [0.2, 0.25) is 5.91 Å². The van der Waals surface area contributed by atoms with Gasteiger partial charge in [-0.15, -0.1) is 0 Å². The normalized spacial score (nSPS) is 10.7. The van der Waals surface area contributed by atoms with Gasteiger partial charge in [0.1, 0.15) is 11.5 Å². The highest BCUT2D eigenvalue weighted by Gasteiger charge is 2.15. The van der Waals surface area contributed by atoms with Gasteiger partial charge >= 0.3 is 6.61 Å². The Morgan fingerprint density at radius 3 is 2.52 bits per heavy atom. The number of anilines is 1. The van der Waals surface area contributed by atoms with Crippen LogP contribution in [-0.2, 0) is 11.3 Å². The molecular formula is C21H24F2N2O4. The molecule has 156 valence electrons. The summed E-state index contributed by atoms with van der Waals surface area (Å²) < 4.78 is 34.6. The fourth-order valence-electron chi connectivity index (χ4n) is 2.46. The van der Waals surface area contributed by atoms with Gasteiger partial charge in [-0.05, 0) is 42.8 Å². The van der Waals surface area contributed by atoms with Gasteiger partial charge in [0, 0.05) is 18.2 Å². The summed E-state index contributed by atoms with van der Waals surface area (Å²) in [6.45, 7) is 2.88.